The molecule has 1 amide bonds. The van der Waals surface area contributed by atoms with Gasteiger partial charge in [-0.1, -0.05) is 51.1 Å². The van der Waals surface area contributed by atoms with E-state index in [0.717, 1.165) is 11.3 Å². The molecule has 6 heteroatoms. The van der Waals surface area contributed by atoms with Crippen LogP contribution in [0.2, 0.25) is 0 Å². The third-order valence-corrected chi connectivity index (χ3v) is 5.78. The van der Waals surface area contributed by atoms with Crippen LogP contribution in [0.1, 0.15) is 47.6 Å². The lowest BCUT2D eigenvalue weighted by Crippen LogP contribution is -2.30. The molecule has 0 saturated carbocycles. The van der Waals surface area contributed by atoms with Crippen molar-refractivity contribution in [3.05, 3.63) is 75.3 Å². The number of benzene rings is 2. The summed E-state index contributed by atoms with van der Waals surface area (Å²) in [6, 6.07) is 14.3. The number of nitro groups is 1. The molecule has 1 aliphatic rings. The molecule has 3 rings (SSSR count). The minimum absolute atomic E-state index is 0.0595. The fourth-order valence-electron chi connectivity index (χ4n) is 3.02. The van der Waals surface area contributed by atoms with E-state index in [1.165, 1.54) is 17.7 Å². The summed E-state index contributed by atoms with van der Waals surface area (Å²) < 4.78 is 0. The molecule has 2 aromatic rings. The first-order valence-corrected chi connectivity index (χ1v) is 9.60. The van der Waals surface area contributed by atoms with Crippen molar-refractivity contribution in [2.45, 2.75) is 31.6 Å². The van der Waals surface area contributed by atoms with Gasteiger partial charge in [0.05, 0.1) is 4.92 Å². The summed E-state index contributed by atoms with van der Waals surface area (Å²) in [7, 11) is 0. The Bertz CT molecular complexity index is 828. The third kappa shape index (κ3) is 3.75. The van der Waals surface area contributed by atoms with Gasteiger partial charge in [-0.2, -0.15) is 0 Å². The molecule has 5 nitrogen and oxygen atoms in total. The molecule has 0 aromatic heterocycles. The fourth-order valence-corrected chi connectivity index (χ4v) is 4.28. The van der Waals surface area contributed by atoms with Crippen LogP contribution in [0, 0.1) is 10.1 Å². The lowest BCUT2D eigenvalue weighted by atomic mass is 9.86. The van der Waals surface area contributed by atoms with Crippen LogP contribution in [-0.2, 0) is 5.41 Å². The Kier molecular flexibility index (Phi) is 5.05. The molecule has 0 radical (unpaired) electrons. The number of hydrogen-bond donors (Lipinski definition) is 0. The van der Waals surface area contributed by atoms with Crippen molar-refractivity contribution in [1.82, 2.24) is 4.90 Å². The van der Waals surface area contributed by atoms with Crippen molar-refractivity contribution in [3.63, 3.8) is 0 Å². The first kappa shape index (κ1) is 18.5. The molecule has 0 bridgehead atoms. The number of non-ortho nitro benzene ring substituents is 1. The summed E-state index contributed by atoms with van der Waals surface area (Å²) in [5.74, 6) is 0.690. The van der Waals surface area contributed by atoms with Crippen LogP contribution in [0.3, 0.4) is 0 Å². The highest BCUT2D eigenvalue weighted by Gasteiger charge is 2.32. The van der Waals surface area contributed by atoms with Crippen molar-refractivity contribution in [1.29, 1.82) is 0 Å². The highest BCUT2D eigenvalue weighted by atomic mass is 32.2. The molecule has 1 heterocycles. The zero-order valence-corrected chi connectivity index (χ0v) is 16.0. The van der Waals surface area contributed by atoms with Crippen LogP contribution in [0.4, 0.5) is 5.69 Å². The van der Waals surface area contributed by atoms with Crippen molar-refractivity contribution in [2.75, 3.05) is 12.3 Å². The Hall–Kier alpha value is -2.34. The quantitative estimate of drug-likeness (QED) is 0.576. The molecule has 136 valence electrons. The van der Waals surface area contributed by atoms with Crippen LogP contribution >= 0.6 is 11.8 Å². The van der Waals surface area contributed by atoms with E-state index in [2.05, 4.69) is 45.0 Å². The topological polar surface area (TPSA) is 63.5 Å². The van der Waals surface area contributed by atoms with Gasteiger partial charge in [0.25, 0.3) is 11.6 Å². The predicted molar refractivity (Wildman–Crippen MR) is 104 cm³/mol. The number of nitrogens with zero attached hydrogens (tertiary/aromatic N) is 2. The van der Waals surface area contributed by atoms with Gasteiger partial charge in [0.2, 0.25) is 0 Å². The van der Waals surface area contributed by atoms with Crippen LogP contribution in [0.15, 0.2) is 48.5 Å². The number of thioether (sulfide) groups is 1. The molecule has 1 atom stereocenters. The number of carbonyl (C=O) groups is 1. The van der Waals surface area contributed by atoms with E-state index in [4.69, 9.17) is 0 Å². The lowest BCUT2D eigenvalue weighted by molar-refractivity contribution is -0.384. The standard InChI is InChI=1S/C20H22N2O3S/c1-20(2,3)16-9-7-14(8-10-16)19-21(11-12-26-19)18(23)15-5-4-6-17(13-15)22(24)25/h4-10,13,19H,11-12H2,1-3H3. The summed E-state index contributed by atoms with van der Waals surface area (Å²) in [5.41, 5.74) is 2.71. The Morgan fingerprint density at radius 2 is 1.88 bits per heavy atom. The van der Waals surface area contributed by atoms with E-state index in [-0.39, 0.29) is 22.4 Å². The first-order valence-electron chi connectivity index (χ1n) is 8.55. The minimum atomic E-state index is -0.474. The predicted octanol–water partition coefficient (Wildman–Crippen LogP) is 4.78. The number of nitro benzene ring substituents is 1. The summed E-state index contributed by atoms with van der Waals surface area (Å²) >= 11 is 1.72. The monoisotopic (exact) mass is 370 g/mol. The zero-order valence-electron chi connectivity index (χ0n) is 15.1. The van der Waals surface area contributed by atoms with Crippen LogP contribution < -0.4 is 0 Å². The third-order valence-electron chi connectivity index (χ3n) is 4.52. The molecule has 0 N–H and O–H groups in total. The second-order valence-corrected chi connectivity index (χ2v) is 8.59. The lowest BCUT2D eigenvalue weighted by Gasteiger charge is -2.25. The van der Waals surface area contributed by atoms with E-state index in [0.29, 0.717) is 12.1 Å². The molecule has 1 fully saturated rings. The van der Waals surface area contributed by atoms with Gasteiger partial charge in [-0.15, -0.1) is 11.8 Å². The molecule has 1 saturated heterocycles. The van der Waals surface area contributed by atoms with Crippen molar-refractivity contribution in [3.8, 4) is 0 Å². The van der Waals surface area contributed by atoms with E-state index in [9.17, 15) is 14.9 Å². The van der Waals surface area contributed by atoms with Crippen LogP contribution in [-0.4, -0.2) is 28.0 Å². The SMILES string of the molecule is CC(C)(C)c1ccc(C2SCCN2C(=O)c2cccc([N+](=O)[O-])c2)cc1. The first-order chi connectivity index (χ1) is 12.3. The summed E-state index contributed by atoms with van der Waals surface area (Å²) in [6.07, 6.45) is 0. The maximum absolute atomic E-state index is 12.9. The molecule has 1 aliphatic heterocycles. The number of rotatable bonds is 3. The van der Waals surface area contributed by atoms with Gasteiger partial charge in [-0.3, -0.25) is 14.9 Å². The Morgan fingerprint density at radius 3 is 2.50 bits per heavy atom. The molecule has 26 heavy (non-hydrogen) atoms. The number of amides is 1. The number of hydrogen-bond acceptors (Lipinski definition) is 4. The fraction of sp³-hybridized carbons (Fsp3) is 0.350. The van der Waals surface area contributed by atoms with E-state index >= 15 is 0 Å². The van der Waals surface area contributed by atoms with E-state index < -0.39 is 4.92 Å². The second kappa shape index (κ2) is 7.11. The highest BCUT2D eigenvalue weighted by molar-refractivity contribution is 7.99. The van der Waals surface area contributed by atoms with E-state index in [1.807, 2.05) is 0 Å². The molecule has 1 unspecified atom stereocenters. The van der Waals surface area contributed by atoms with Crippen LogP contribution in [0.25, 0.3) is 0 Å². The van der Waals surface area contributed by atoms with Crippen LogP contribution in [0.5, 0.6) is 0 Å². The Labute approximate surface area is 157 Å². The maximum Gasteiger partial charge on any atom is 0.270 e. The number of carbonyl (C=O) groups excluding carboxylic acids is 1. The van der Waals surface area contributed by atoms with Crippen molar-refractivity contribution in [2.24, 2.45) is 0 Å². The molecular weight excluding hydrogens is 348 g/mol. The van der Waals surface area contributed by atoms with Gasteiger partial charge >= 0.3 is 0 Å². The Morgan fingerprint density at radius 1 is 1.19 bits per heavy atom. The normalized spacial score (nSPS) is 17.3. The highest BCUT2D eigenvalue weighted by Crippen LogP contribution is 2.39. The summed E-state index contributed by atoms with van der Waals surface area (Å²) in [4.78, 5) is 25.2. The van der Waals surface area contributed by atoms with Crippen molar-refractivity contribution >= 4 is 23.4 Å². The van der Waals surface area contributed by atoms with Gasteiger partial charge in [0.1, 0.15) is 5.37 Å². The molecule has 2 aromatic carbocycles. The Balaban J connectivity index is 1.85. The minimum Gasteiger partial charge on any atom is -0.322 e. The van der Waals surface area contributed by atoms with Gasteiger partial charge in [0.15, 0.2) is 0 Å². The van der Waals surface area contributed by atoms with Crippen molar-refractivity contribution < 1.29 is 9.72 Å². The largest absolute Gasteiger partial charge is 0.322 e. The van der Waals surface area contributed by atoms with Gasteiger partial charge in [-0.05, 0) is 22.6 Å². The van der Waals surface area contributed by atoms with Gasteiger partial charge in [0, 0.05) is 30.0 Å². The molecule has 0 spiro atoms. The average Bonchev–Trinajstić information content (AvgIpc) is 3.10. The van der Waals surface area contributed by atoms with Gasteiger partial charge < -0.3 is 4.90 Å². The smallest absolute Gasteiger partial charge is 0.270 e. The maximum atomic E-state index is 12.9. The average molecular weight is 370 g/mol. The zero-order chi connectivity index (χ0) is 18.9. The molecular formula is C20H22N2O3S. The second-order valence-electron chi connectivity index (χ2n) is 7.40. The van der Waals surface area contributed by atoms with E-state index in [1.54, 1.807) is 28.8 Å². The summed E-state index contributed by atoms with van der Waals surface area (Å²) in [6.45, 7) is 7.15. The summed E-state index contributed by atoms with van der Waals surface area (Å²) in [5, 5.41) is 10.9. The van der Waals surface area contributed by atoms with Gasteiger partial charge in [-0.25, -0.2) is 0 Å². The molecule has 0 aliphatic carbocycles.